The summed E-state index contributed by atoms with van der Waals surface area (Å²) in [6.07, 6.45) is 1.40. The van der Waals surface area contributed by atoms with E-state index in [0.29, 0.717) is 26.1 Å². The summed E-state index contributed by atoms with van der Waals surface area (Å²) in [7, 11) is 1.47. The van der Waals surface area contributed by atoms with Crippen molar-refractivity contribution in [2.45, 2.75) is 25.4 Å². The van der Waals surface area contributed by atoms with Gasteiger partial charge in [-0.15, -0.1) is 0 Å². The van der Waals surface area contributed by atoms with E-state index in [2.05, 4.69) is 5.32 Å². The van der Waals surface area contributed by atoms with Gasteiger partial charge in [-0.25, -0.2) is 0 Å². The fourth-order valence-corrected chi connectivity index (χ4v) is 3.04. The lowest BCUT2D eigenvalue weighted by Crippen LogP contribution is -2.47. The molecule has 1 amide bonds. The minimum atomic E-state index is -1.15. The molecule has 2 atom stereocenters. The summed E-state index contributed by atoms with van der Waals surface area (Å²) in [6, 6.07) is 9.17. The van der Waals surface area contributed by atoms with Crippen LogP contribution < -0.4 is 5.32 Å². The van der Waals surface area contributed by atoms with E-state index in [0.717, 1.165) is 5.56 Å². The molecule has 1 saturated heterocycles. The van der Waals surface area contributed by atoms with E-state index in [4.69, 9.17) is 9.47 Å². The van der Waals surface area contributed by atoms with Gasteiger partial charge in [0, 0.05) is 26.9 Å². The largest absolute Gasteiger partial charge is 0.481 e. The van der Waals surface area contributed by atoms with Crippen molar-refractivity contribution in [3.63, 3.8) is 0 Å². The maximum atomic E-state index is 12.7. The highest BCUT2D eigenvalue weighted by molar-refractivity contribution is 5.86. The van der Waals surface area contributed by atoms with Gasteiger partial charge in [0.05, 0.1) is 5.92 Å². The molecule has 2 unspecified atom stereocenters. The molecule has 1 heterocycles. The lowest BCUT2D eigenvalue weighted by Gasteiger charge is -2.30. The number of rotatable bonds is 7. The van der Waals surface area contributed by atoms with Crippen LogP contribution in [0.1, 0.15) is 25.3 Å². The number of ether oxygens (including phenoxy) is 2. The molecule has 0 aliphatic carbocycles. The first-order valence-electron chi connectivity index (χ1n) is 8.18. The Morgan fingerprint density at radius 3 is 2.50 bits per heavy atom. The second-order valence-corrected chi connectivity index (χ2v) is 6.21. The molecule has 24 heavy (non-hydrogen) atoms. The van der Waals surface area contributed by atoms with E-state index in [1.807, 2.05) is 30.3 Å². The zero-order valence-electron chi connectivity index (χ0n) is 14.2. The standard InChI is InChI=1S/C18H25NO5/c1-18(23-2,14-6-4-3-5-7-14)17(22)19-12-15(16(20)21)13-8-10-24-11-9-13/h3-7,13,15H,8-12H2,1-2H3,(H,19,22)(H,20,21). The van der Waals surface area contributed by atoms with Crippen molar-refractivity contribution >= 4 is 11.9 Å². The first-order valence-corrected chi connectivity index (χ1v) is 8.18. The first kappa shape index (κ1) is 18.4. The number of amides is 1. The number of benzene rings is 1. The fraction of sp³-hybridized carbons (Fsp3) is 0.556. The second-order valence-electron chi connectivity index (χ2n) is 6.21. The summed E-state index contributed by atoms with van der Waals surface area (Å²) in [5.74, 6) is -1.83. The molecule has 1 fully saturated rings. The molecule has 6 nitrogen and oxygen atoms in total. The molecule has 1 aromatic carbocycles. The van der Waals surface area contributed by atoms with Gasteiger partial charge in [-0.2, -0.15) is 0 Å². The van der Waals surface area contributed by atoms with E-state index in [1.165, 1.54) is 7.11 Å². The molecular weight excluding hydrogens is 310 g/mol. The van der Waals surface area contributed by atoms with Crippen LogP contribution in [0, 0.1) is 11.8 Å². The summed E-state index contributed by atoms with van der Waals surface area (Å²) < 4.78 is 10.7. The van der Waals surface area contributed by atoms with Crippen LogP contribution in [-0.4, -0.2) is 43.9 Å². The molecule has 2 rings (SSSR count). The van der Waals surface area contributed by atoms with Gasteiger partial charge in [0.2, 0.25) is 0 Å². The zero-order chi connectivity index (χ0) is 17.6. The lowest BCUT2D eigenvalue weighted by atomic mass is 9.85. The minimum absolute atomic E-state index is 0.0158. The van der Waals surface area contributed by atoms with E-state index in [9.17, 15) is 14.7 Å². The van der Waals surface area contributed by atoms with E-state index in [-0.39, 0.29) is 18.4 Å². The topological polar surface area (TPSA) is 84.9 Å². The number of hydrogen-bond acceptors (Lipinski definition) is 4. The maximum Gasteiger partial charge on any atom is 0.308 e. The zero-order valence-corrected chi connectivity index (χ0v) is 14.2. The monoisotopic (exact) mass is 335 g/mol. The third-order valence-electron chi connectivity index (χ3n) is 4.80. The third-order valence-corrected chi connectivity index (χ3v) is 4.80. The van der Waals surface area contributed by atoms with Gasteiger partial charge in [0.25, 0.3) is 5.91 Å². The predicted molar refractivity (Wildman–Crippen MR) is 88.5 cm³/mol. The van der Waals surface area contributed by atoms with Crippen molar-refractivity contribution in [1.29, 1.82) is 0 Å². The number of carboxylic acids is 1. The van der Waals surface area contributed by atoms with E-state index in [1.54, 1.807) is 6.92 Å². The van der Waals surface area contributed by atoms with Gasteiger partial charge >= 0.3 is 5.97 Å². The van der Waals surface area contributed by atoms with Gasteiger partial charge in [0.1, 0.15) is 0 Å². The van der Waals surface area contributed by atoms with Crippen LogP contribution in [0.2, 0.25) is 0 Å². The molecule has 2 N–H and O–H groups in total. The summed E-state index contributed by atoms with van der Waals surface area (Å²) in [5, 5.41) is 12.3. The molecule has 0 bridgehead atoms. The first-order chi connectivity index (χ1) is 11.5. The molecule has 1 aliphatic heterocycles. The SMILES string of the molecule is COC(C)(C(=O)NCC(C(=O)O)C1CCOCC1)c1ccccc1. The Hall–Kier alpha value is -1.92. The quantitative estimate of drug-likeness (QED) is 0.793. The van der Waals surface area contributed by atoms with Crippen molar-refractivity contribution in [3.8, 4) is 0 Å². The predicted octanol–water partition coefficient (Wildman–Crippen LogP) is 1.79. The van der Waals surface area contributed by atoms with Crippen molar-refractivity contribution in [2.24, 2.45) is 11.8 Å². The van der Waals surface area contributed by atoms with Gasteiger partial charge in [-0.3, -0.25) is 9.59 Å². The highest BCUT2D eigenvalue weighted by Crippen LogP contribution is 2.26. The number of nitrogens with one attached hydrogen (secondary N) is 1. The average molecular weight is 335 g/mol. The molecule has 6 heteroatoms. The number of carboxylic acid groups (broad SMARTS) is 1. The van der Waals surface area contributed by atoms with Crippen LogP contribution in [0.25, 0.3) is 0 Å². The van der Waals surface area contributed by atoms with Crippen LogP contribution >= 0.6 is 0 Å². The highest BCUT2D eigenvalue weighted by atomic mass is 16.5. The number of carbonyl (C=O) groups excluding carboxylic acids is 1. The van der Waals surface area contributed by atoms with Crippen LogP contribution in [0.4, 0.5) is 0 Å². The highest BCUT2D eigenvalue weighted by Gasteiger charge is 2.37. The summed E-state index contributed by atoms with van der Waals surface area (Å²) in [5.41, 5.74) is -0.428. The molecule has 0 radical (unpaired) electrons. The average Bonchev–Trinajstić information content (AvgIpc) is 2.62. The van der Waals surface area contributed by atoms with Crippen LogP contribution in [0.5, 0.6) is 0 Å². The maximum absolute atomic E-state index is 12.7. The molecule has 132 valence electrons. The van der Waals surface area contributed by atoms with Gasteiger partial charge in [-0.1, -0.05) is 30.3 Å². The molecule has 0 saturated carbocycles. The summed E-state index contributed by atoms with van der Waals surface area (Å²) in [4.78, 5) is 24.2. The Labute approximate surface area is 142 Å². The number of aliphatic carboxylic acids is 1. The third kappa shape index (κ3) is 4.13. The normalized spacial score (nSPS) is 19.2. The number of carbonyl (C=O) groups is 2. The lowest BCUT2D eigenvalue weighted by molar-refractivity contribution is -0.147. The Morgan fingerprint density at radius 2 is 1.96 bits per heavy atom. The number of hydrogen-bond donors (Lipinski definition) is 2. The fourth-order valence-electron chi connectivity index (χ4n) is 3.04. The van der Waals surface area contributed by atoms with Crippen molar-refractivity contribution in [1.82, 2.24) is 5.32 Å². The van der Waals surface area contributed by atoms with Crippen molar-refractivity contribution in [2.75, 3.05) is 26.9 Å². The molecule has 0 aromatic heterocycles. The van der Waals surface area contributed by atoms with Gasteiger partial charge < -0.3 is 19.9 Å². The minimum Gasteiger partial charge on any atom is -0.481 e. The second kappa shape index (κ2) is 8.26. The van der Waals surface area contributed by atoms with Crippen LogP contribution in [0.3, 0.4) is 0 Å². The molecule has 1 aliphatic rings. The van der Waals surface area contributed by atoms with E-state index >= 15 is 0 Å². The Morgan fingerprint density at radius 1 is 1.33 bits per heavy atom. The van der Waals surface area contributed by atoms with E-state index < -0.39 is 17.5 Å². The number of methoxy groups -OCH3 is 1. The van der Waals surface area contributed by atoms with Crippen molar-refractivity contribution < 1.29 is 24.2 Å². The Bertz CT molecular complexity index is 556. The molecule has 0 spiro atoms. The van der Waals surface area contributed by atoms with Gasteiger partial charge in [0.15, 0.2) is 5.60 Å². The summed E-state index contributed by atoms with van der Waals surface area (Å²) in [6.45, 7) is 2.91. The summed E-state index contributed by atoms with van der Waals surface area (Å²) >= 11 is 0. The van der Waals surface area contributed by atoms with Gasteiger partial charge in [-0.05, 0) is 31.2 Å². The molecular formula is C18H25NO5. The van der Waals surface area contributed by atoms with Crippen LogP contribution in [-0.2, 0) is 24.7 Å². The smallest absolute Gasteiger partial charge is 0.308 e. The molecule has 1 aromatic rings. The van der Waals surface area contributed by atoms with Crippen LogP contribution in [0.15, 0.2) is 30.3 Å². The van der Waals surface area contributed by atoms with Crippen molar-refractivity contribution in [3.05, 3.63) is 35.9 Å². The Balaban J connectivity index is 2.05. The Kier molecular flexibility index (Phi) is 6.34.